The Morgan fingerprint density at radius 2 is 1.67 bits per heavy atom. The van der Waals surface area contributed by atoms with E-state index in [0.717, 1.165) is 5.56 Å². The lowest BCUT2D eigenvalue weighted by Gasteiger charge is -2.21. The fraction of sp³-hybridized carbons (Fsp3) is 0.316. The molecule has 2 rings (SSSR count). The second-order valence-corrected chi connectivity index (χ2v) is 7.97. The standard InChI is InChI=1S/C19H24N2O5S/c1-14(2)18(19(22)20-26-13-15-7-5-4-6-8-15)21-27(23,24)17-11-9-16(25-3)10-12-17/h4-12,14,18,21H,13H2,1-3H3,(H,20,22)/t18-/m1/s1. The van der Waals surface area contributed by atoms with Gasteiger partial charge in [-0.15, -0.1) is 0 Å². The van der Waals surface area contributed by atoms with Crippen molar-refractivity contribution in [3.05, 3.63) is 60.2 Å². The van der Waals surface area contributed by atoms with E-state index < -0.39 is 22.0 Å². The van der Waals surface area contributed by atoms with Crippen LogP contribution in [-0.4, -0.2) is 27.5 Å². The van der Waals surface area contributed by atoms with Crippen LogP contribution in [0.3, 0.4) is 0 Å². The molecular formula is C19H24N2O5S. The predicted molar refractivity (Wildman–Crippen MR) is 101 cm³/mol. The molecule has 0 heterocycles. The summed E-state index contributed by atoms with van der Waals surface area (Å²) < 4.78 is 32.6. The number of amides is 1. The number of rotatable bonds is 9. The topological polar surface area (TPSA) is 93.7 Å². The molecule has 0 saturated carbocycles. The molecule has 1 atom stereocenters. The highest BCUT2D eigenvalue weighted by atomic mass is 32.2. The van der Waals surface area contributed by atoms with Gasteiger partial charge in [-0.25, -0.2) is 13.9 Å². The third kappa shape index (κ3) is 6.06. The number of ether oxygens (including phenoxy) is 1. The number of nitrogens with one attached hydrogen (secondary N) is 2. The molecule has 1 amide bonds. The highest BCUT2D eigenvalue weighted by Gasteiger charge is 2.28. The monoisotopic (exact) mass is 392 g/mol. The number of carbonyl (C=O) groups is 1. The summed E-state index contributed by atoms with van der Waals surface area (Å²) >= 11 is 0. The third-order valence-electron chi connectivity index (χ3n) is 3.86. The second kappa shape index (κ2) is 9.50. The van der Waals surface area contributed by atoms with Gasteiger partial charge in [0.1, 0.15) is 11.8 Å². The van der Waals surface area contributed by atoms with Gasteiger partial charge in [0.25, 0.3) is 5.91 Å². The molecule has 146 valence electrons. The number of hydroxylamine groups is 1. The Bertz CT molecular complexity index is 836. The van der Waals surface area contributed by atoms with E-state index in [1.165, 1.54) is 19.2 Å². The van der Waals surface area contributed by atoms with Crippen molar-refractivity contribution in [3.63, 3.8) is 0 Å². The maximum atomic E-state index is 12.6. The average molecular weight is 392 g/mol. The summed E-state index contributed by atoms with van der Waals surface area (Å²) in [6.07, 6.45) is 0. The Morgan fingerprint density at radius 1 is 1.04 bits per heavy atom. The molecule has 0 fully saturated rings. The quantitative estimate of drug-likeness (QED) is 0.639. The smallest absolute Gasteiger partial charge is 0.261 e. The summed E-state index contributed by atoms with van der Waals surface area (Å²) in [5.74, 6) is -0.294. The maximum absolute atomic E-state index is 12.6. The summed E-state index contributed by atoms with van der Waals surface area (Å²) in [5.41, 5.74) is 3.21. The summed E-state index contributed by atoms with van der Waals surface area (Å²) in [6.45, 7) is 3.68. The van der Waals surface area contributed by atoms with Crippen LogP contribution in [0.5, 0.6) is 5.75 Å². The molecule has 2 N–H and O–H groups in total. The molecule has 2 aromatic carbocycles. The van der Waals surface area contributed by atoms with E-state index in [-0.39, 0.29) is 17.4 Å². The molecule has 0 spiro atoms. The minimum atomic E-state index is -3.87. The van der Waals surface area contributed by atoms with E-state index >= 15 is 0 Å². The van der Waals surface area contributed by atoms with E-state index in [1.807, 2.05) is 30.3 Å². The molecule has 0 aromatic heterocycles. The molecule has 7 nitrogen and oxygen atoms in total. The van der Waals surface area contributed by atoms with Gasteiger partial charge in [-0.05, 0) is 35.7 Å². The molecule has 0 saturated heterocycles. The Balaban J connectivity index is 2.01. The van der Waals surface area contributed by atoms with Gasteiger partial charge in [-0.3, -0.25) is 9.63 Å². The lowest BCUT2D eigenvalue weighted by molar-refractivity contribution is -0.137. The normalized spacial score (nSPS) is 12.6. The van der Waals surface area contributed by atoms with Gasteiger partial charge in [0.05, 0.1) is 18.6 Å². The van der Waals surface area contributed by atoms with Crippen LogP contribution in [0, 0.1) is 5.92 Å². The van der Waals surface area contributed by atoms with E-state index in [1.54, 1.807) is 26.0 Å². The van der Waals surface area contributed by atoms with Gasteiger partial charge >= 0.3 is 0 Å². The van der Waals surface area contributed by atoms with Crippen molar-refractivity contribution >= 4 is 15.9 Å². The van der Waals surface area contributed by atoms with Crippen molar-refractivity contribution in [3.8, 4) is 5.75 Å². The molecule has 0 aliphatic carbocycles. The Hall–Kier alpha value is -2.42. The molecule has 0 aliphatic rings. The van der Waals surface area contributed by atoms with Crippen LogP contribution in [0.4, 0.5) is 0 Å². The van der Waals surface area contributed by atoms with E-state index in [2.05, 4.69) is 10.2 Å². The summed E-state index contributed by atoms with van der Waals surface area (Å²) in [6, 6.07) is 14.3. The van der Waals surface area contributed by atoms with Crippen LogP contribution in [0.15, 0.2) is 59.5 Å². The minimum Gasteiger partial charge on any atom is -0.497 e. The van der Waals surface area contributed by atoms with Gasteiger partial charge < -0.3 is 4.74 Å². The summed E-state index contributed by atoms with van der Waals surface area (Å²) in [5, 5.41) is 0. The number of carbonyl (C=O) groups excluding carboxylic acids is 1. The molecule has 0 aliphatic heterocycles. The van der Waals surface area contributed by atoms with Gasteiger partial charge in [0.2, 0.25) is 10.0 Å². The van der Waals surface area contributed by atoms with Gasteiger partial charge in [-0.1, -0.05) is 44.2 Å². The van der Waals surface area contributed by atoms with Gasteiger partial charge in [0.15, 0.2) is 0 Å². The number of hydrogen-bond donors (Lipinski definition) is 2. The van der Waals surface area contributed by atoms with Crippen molar-refractivity contribution in [1.29, 1.82) is 0 Å². The van der Waals surface area contributed by atoms with Crippen molar-refractivity contribution in [1.82, 2.24) is 10.2 Å². The first-order chi connectivity index (χ1) is 12.8. The molecular weight excluding hydrogens is 368 g/mol. The van der Waals surface area contributed by atoms with Crippen molar-refractivity contribution in [2.45, 2.75) is 31.4 Å². The number of benzene rings is 2. The van der Waals surface area contributed by atoms with E-state index in [9.17, 15) is 13.2 Å². The first-order valence-electron chi connectivity index (χ1n) is 8.45. The lowest BCUT2D eigenvalue weighted by Crippen LogP contribution is -2.49. The first-order valence-corrected chi connectivity index (χ1v) is 9.94. The molecule has 2 aromatic rings. The van der Waals surface area contributed by atoms with Crippen LogP contribution >= 0.6 is 0 Å². The molecule has 8 heteroatoms. The molecule has 27 heavy (non-hydrogen) atoms. The SMILES string of the molecule is COc1ccc(S(=O)(=O)N[C@@H](C(=O)NOCc2ccccc2)C(C)C)cc1. The fourth-order valence-corrected chi connectivity index (χ4v) is 3.65. The number of sulfonamides is 1. The predicted octanol–water partition coefficient (Wildman–Crippen LogP) is 2.25. The number of methoxy groups -OCH3 is 1. The maximum Gasteiger partial charge on any atom is 0.261 e. The van der Waals surface area contributed by atoms with Crippen molar-refractivity contribution < 1.29 is 22.8 Å². The van der Waals surface area contributed by atoms with Crippen molar-refractivity contribution in [2.75, 3.05) is 7.11 Å². The largest absolute Gasteiger partial charge is 0.497 e. The van der Waals surface area contributed by atoms with Gasteiger partial charge in [0, 0.05) is 0 Å². The zero-order valence-corrected chi connectivity index (χ0v) is 16.3. The molecule has 0 bridgehead atoms. The van der Waals surface area contributed by atoms with Crippen LogP contribution in [0.1, 0.15) is 19.4 Å². The Morgan fingerprint density at radius 3 is 2.22 bits per heavy atom. The Kier molecular flexibility index (Phi) is 7.35. The molecule has 0 unspecified atom stereocenters. The summed E-state index contributed by atoms with van der Waals surface area (Å²) in [7, 11) is -2.38. The third-order valence-corrected chi connectivity index (χ3v) is 5.31. The van der Waals surface area contributed by atoms with Crippen LogP contribution in [0.25, 0.3) is 0 Å². The number of hydrogen-bond acceptors (Lipinski definition) is 5. The lowest BCUT2D eigenvalue weighted by atomic mass is 10.1. The van der Waals surface area contributed by atoms with Crippen LogP contribution < -0.4 is 14.9 Å². The molecule has 0 radical (unpaired) electrons. The van der Waals surface area contributed by atoms with Crippen LogP contribution in [-0.2, 0) is 26.3 Å². The average Bonchev–Trinajstić information content (AvgIpc) is 2.66. The zero-order chi connectivity index (χ0) is 19.9. The highest BCUT2D eigenvalue weighted by Crippen LogP contribution is 2.16. The first kappa shape index (κ1) is 20.9. The second-order valence-electron chi connectivity index (χ2n) is 6.26. The Labute approximate surface area is 159 Å². The zero-order valence-electron chi connectivity index (χ0n) is 15.5. The van der Waals surface area contributed by atoms with E-state index in [0.29, 0.717) is 5.75 Å². The highest BCUT2D eigenvalue weighted by molar-refractivity contribution is 7.89. The summed E-state index contributed by atoms with van der Waals surface area (Å²) in [4.78, 5) is 17.7. The fourth-order valence-electron chi connectivity index (χ4n) is 2.31. The van der Waals surface area contributed by atoms with E-state index in [4.69, 9.17) is 9.57 Å². The van der Waals surface area contributed by atoms with Crippen molar-refractivity contribution in [2.24, 2.45) is 5.92 Å². The van der Waals surface area contributed by atoms with Gasteiger partial charge in [-0.2, -0.15) is 4.72 Å². The van der Waals surface area contributed by atoms with Crippen LogP contribution in [0.2, 0.25) is 0 Å². The minimum absolute atomic E-state index is 0.0481.